The molecule has 94 valence electrons. The molecule has 0 aliphatic heterocycles. The lowest BCUT2D eigenvalue weighted by atomic mass is 10.2. The standard InChI is InChI=1S/C14H13BrFNO/c15-14-7-12(16)4-3-11(14)8-17-13-5-1-10(9-18)2-6-13/h1-7,17-18H,8-9H2. The van der Waals surface area contributed by atoms with Gasteiger partial charge in [0, 0.05) is 16.7 Å². The van der Waals surface area contributed by atoms with Crippen LogP contribution in [0.4, 0.5) is 10.1 Å². The highest BCUT2D eigenvalue weighted by molar-refractivity contribution is 9.10. The minimum atomic E-state index is -0.252. The van der Waals surface area contributed by atoms with Crippen LogP contribution >= 0.6 is 15.9 Å². The summed E-state index contributed by atoms with van der Waals surface area (Å²) in [6, 6.07) is 12.2. The van der Waals surface area contributed by atoms with Gasteiger partial charge in [0.25, 0.3) is 0 Å². The highest BCUT2D eigenvalue weighted by Crippen LogP contribution is 2.19. The molecule has 0 saturated heterocycles. The van der Waals surface area contributed by atoms with E-state index < -0.39 is 0 Å². The molecule has 0 spiro atoms. The lowest BCUT2D eigenvalue weighted by Crippen LogP contribution is -2.00. The number of anilines is 1. The Balaban J connectivity index is 2.02. The molecule has 0 atom stereocenters. The first-order chi connectivity index (χ1) is 8.69. The Kier molecular flexibility index (Phi) is 4.33. The van der Waals surface area contributed by atoms with Crippen LogP contribution in [-0.2, 0) is 13.2 Å². The van der Waals surface area contributed by atoms with Crippen molar-refractivity contribution in [2.45, 2.75) is 13.2 Å². The van der Waals surface area contributed by atoms with Gasteiger partial charge in [0.1, 0.15) is 5.82 Å². The molecule has 4 heteroatoms. The van der Waals surface area contributed by atoms with Gasteiger partial charge < -0.3 is 10.4 Å². The lowest BCUT2D eigenvalue weighted by Gasteiger charge is -2.08. The number of aliphatic hydroxyl groups is 1. The van der Waals surface area contributed by atoms with E-state index in [1.54, 1.807) is 6.07 Å². The van der Waals surface area contributed by atoms with Crippen LogP contribution in [0.2, 0.25) is 0 Å². The largest absolute Gasteiger partial charge is 0.392 e. The van der Waals surface area contributed by atoms with E-state index in [9.17, 15) is 4.39 Å². The van der Waals surface area contributed by atoms with Gasteiger partial charge in [0.15, 0.2) is 0 Å². The first-order valence-electron chi connectivity index (χ1n) is 5.56. The summed E-state index contributed by atoms with van der Waals surface area (Å²) >= 11 is 3.33. The van der Waals surface area contributed by atoms with Crippen molar-refractivity contribution in [1.82, 2.24) is 0 Å². The highest BCUT2D eigenvalue weighted by Gasteiger charge is 2.01. The number of nitrogens with one attached hydrogen (secondary N) is 1. The Hall–Kier alpha value is -1.39. The second-order valence-corrected chi connectivity index (χ2v) is 4.80. The minimum absolute atomic E-state index is 0.0454. The Bertz CT molecular complexity index is 528. The van der Waals surface area contributed by atoms with Crippen molar-refractivity contribution in [3.05, 3.63) is 63.9 Å². The molecular weight excluding hydrogens is 297 g/mol. The normalized spacial score (nSPS) is 10.4. The molecule has 0 unspecified atom stereocenters. The summed E-state index contributed by atoms with van der Waals surface area (Å²) < 4.78 is 13.7. The molecule has 0 heterocycles. The lowest BCUT2D eigenvalue weighted by molar-refractivity contribution is 0.282. The maximum atomic E-state index is 12.9. The molecule has 0 aromatic heterocycles. The summed E-state index contributed by atoms with van der Waals surface area (Å²) in [4.78, 5) is 0. The molecule has 2 N–H and O–H groups in total. The van der Waals surface area contributed by atoms with E-state index in [1.807, 2.05) is 24.3 Å². The number of halogens is 2. The van der Waals surface area contributed by atoms with Gasteiger partial charge >= 0.3 is 0 Å². The van der Waals surface area contributed by atoms with Crippen molar-refractivity contribution in [2.24, 2.45) is 0 Å². The fraction of sp³-hybridized carbons (Fsp3) is 0.143. The molecule has 2 aromatic carbocycles. The smallest absolute Gasteiger partial charge is 0.124 e. The number of hydrogen-bond donors (Lipinski definition) is 2. The number of rotatable bonds is 4. The second-order valence-electron chi connectivity index (χ2n) is 3.94. The maximum absolute atomic E-state index is 12.9. The number of hydrogen-bond acceptors (Lipinski definition) is 2. The molecule has 0 saturated carbocycles. The predicted molar refractivity (Wildman–Crippen MR) is 73.8 cm³/mol. The van der Waals surface area contributed by atoms with E-state index in [1.165, 1.54) is 12.1 Å². The third kappa shape index (κ3) is 3.31. The van der Waals surface area contributed by atoms with Crippen LogP contribution in [0.3, 0.4) is 0 Å². The molecule has 0 bridgehead atoms. The first-order valence-corrected chi connectivity index (χ1v) is 6.36. The Morgan fingerprint density at radius 3 is 2.44 bits per heavy atom. The molecular formula is C14H13BrFNO. The Labute approximate surface area is 114 Å². The maximum Gasteiger partial charge on any atom is 0.124 e. The van der Waals surface area contributed by atoms with Gasteiger partial charge in [0.2, 0.25) is 0 Å². The van der Waals surface area contributed by atoms with Gasteiger partial charge in [0.05, 0.1) is 6.61 Å². The van der Waals surface area contributed by atoms with E-state index in [2.05, 4.69) is 21.2 Å². The zero-order valence-electron chi connectivity index (χ0n) is 9.66. The average molecular weight is 310 g/mol. The summed E-state index contributed by atoms with van der Waals surface area (Å²) in [7, 11) is 0. The third-order valence-corrected chi connectivity index (χ3v) is 3.37. The van der Waals surface area contributed by atoms with E-state index in [0.29, 0.717) is 6.54 Å². The van der Waals surface area contributed by atoms with Gasteiger partial charge in [-0.05, 0) is 35.4 Å². The predicted octanol–water partition coefficient (Wildman–Crippen LogP) is 3.69. The number of aliphatic hydroxyl groups excluding tert-OH is 1. The van der Waals surface area contributed by atoms with E-state index in [4.69, 9.17) is 5.11 Å². The summed E-state index contributed by atoms with van der Waals surface area (Å²) in [5.41, 5.74) is 2.83. The molecule has 0 amide bonds. The van der Waals surface area contributed by atoms with Gasteiger partial charge in [-0.15, -0.1) is 0 Å². The van der Waals surface area contributed by atoms with Gasteiger partial charge in [-0.1, -0.05) is 34.1 Å². The summed E-state index contributed by atoms with van der Waals surface area (Å²) in [5, 5.41) is 12.2. The molecule has 0 aliphatic rings. The molecule has 2 nitrogen and oxygen atoms in total. The van der Waals surface area contributed by atoms with Crippen molar-refractivity contribution < 1.29 is 9.50 Å². The van der Waals surface area contributed by atoms with Crippen molar-refractivity contribution in [2.75, 3.05) is 5.32 Å². The van der Waals surface area contributed by atoms with Crippen LogP contribution in [0, 0.1) is 5.82 Å². The van der Waals surface area contributed by atoms with Crippen molar-refractivity contribution in [3.63, 3.8) is 0 Å². The first kappa shape index (κ1) is 13.1. The van der Waals surface area contributed by atoms with E-state index in [0.717, 1.165) is 21.3 Å². The van der Waals surface area contributed by atoms with Crippen LogP contribution in [0.15, 0.2) is 46.9 Å². The molecule has 2 rings (SSSR count). The van der Waals surface area contributed by atoms with Crippen LogP contribution < -0.4 is 5.32 Å². The molecule has 18 heavy (non-hydrogen) atoms. The van der Waals surface area contributed by atoms with Crippen LogP contribution in [0.5, 0.6) is 0 Å². The van der Waals surface area contributed by atoms with Crippen LogP contribution in [0.25, 0.3) is 0 Å². The topological polar surface area (TPSA) is 32.3 Å². The van der Waals surface area contributed by atoms with Crippen molar-refractivity contribution in [1.29, 1.82) is 0 Å². The summed E-state index contributed by atoms with van der Waals surface area (Å²) in [6.07, 6.45) is 0. The van der Waals surface area contributed by atoms with E-state index >= 15 is 0 Å². The van der Waals surface area contributed by atoms with Crippen molar-refractivity contribution >= 4 is 21.6 Å². The molecule has 0 radical (unpaired) electrons. The Morgan fingerprint density at radius 2 is 1.83 bits per heavy atom. The van der Waals surface area contributed by atoms with Gasteiger partial charge in [-0.2, -0.15) is 0 Å². The number of benzene rings is 2. The van der Waals surface area contributed by atoms with Gasteiger partial charge in [-0.25, -0.2) is 4.39 Å². The summed E-state index contributed by atoms with van der Waals surface area (Å²) in [5.74, 6) is -0.252. The van der Waals surface area contributed by atoms with Crippen LogP contribution in [0.1, 0.15) is 11.1 Å². The van der Waals surface area contributed by atoms with Gasteiger partial charge in [-0.3, -0.25) is 0 Å². The average Bonchev–Trinajstić information content (AvgIpc) is 2.38. The molecule has 2 aromatic rings. The minimum Gasteiger partial charge on any atom is -0.392 e. The second kappa shape index (κ2) is 5.98. The fourth-order valence-corrected chi connectivity index (χ4v) is 2.08. The molecule has 0 aliphatic carbocycles. The van der Waals surface area contributed by atoms with Crippen LogP contribution in [-0.4, -0.2) is 5.11 Å². The van der Waals surface area contributed by atoms with E-state index in [-0.39, 0.29) is 12.4 Å². The monoisotopic (exact) mass is 309 g/mol. The van der Waals surface area contributed by atoms with Crippen molar-refractivity contribution in [3.8, 4) is 0 Å². The molecule has 0 fully saturated rings. The SMILES string of the molecule is OCc1ccc(NCc2ccc(F)cc2Br)cc1. The zero-order chi connectivity index (χ0) is 13.0. The fourth-order valence-electron chi connectivity index (χ4n) is 1.59. The zero-order valence-corrected chi connectivity index (χ0v) is 11.2. The quantitative estimate of drug-likeness (QED) is 0.902. The Morgan fingerprint density at radius 1 is 1.11 bits per heavy atom. The summed E-state index contributed by atoms with van der Waals surface area (Å²) in [6.45, 7) is 0.656. The highest BCUT2D eigenvalue weighted by atomic mass is 79.9. The third-order valence-electron chi connectivity index (χ3n) is 2.63.